The summed E-state index contributed by atoms with van der Waals surface area (Å²) in [6.07, 6.45) is 1.99. The maximum atomic E-state index is 10.9. The lowest BCUT2D eigenvalue weighted by Crippen LogP contribution is -2.16. The van der Waals surface area contributed by atoms with Crippen molar-refractivity contribution in [1.29, 1.82) is 0 Å². The average Bonchev–Trinajstić information content (AvgIpc) is 2.72. The zero-order chi connectivity index (χ0) is 14.0. The van der Waals surface area contributed by atoms with Crippen molar-refractivity contribution in [1.82, 2.24) is 4.57 Å². The van der Waals surface area contributed by atoms with Crippen LogP contribution in [0.25, 0.3) is 10.9 Å². The molecule has 1 aromatic heterocycles. The van der Waals surface area contributed by atoms with E-state index in [1.165, 1.54) is 0 Å². The fourth-order valence-electron chi connectivity index (χ4n) is 2.38. The van der Waals surface area contributed by atoms with Gasteiger partial charge in [-0.2, -0.15) is 0 Å². The number of nitrogens with zero attached hydrogens (tertiary/aromatic N) is 1. The highest BCUT2D eigenvalue weighted by molar-refractivity contribution is 5.86. The van der Waals surface area contributed by atoms with Crippen molar-refractivity contribution in [3.8, 4) is 5.75 Å². The van der Waals surface area contributed by atoms with Gasteiger partial charge >= 0.3 is 5.97 Å². The summed E-state index contributed by atoms with van der Waals surface area (Å²) in [5, 5.41) is 9.98. The van der Waals surface area contributed by atoms with Crippen LogP contribution < -0.4 is 10.5 Å². The molecule has 0 saturated carbocycles. The molecule has 0 aliphatic heterocycles. The number of aryl methyl sites for hydroxylation is 1. The Morgan fingerprint density at radius 3 is 2.84 bits per heavy atom. The van der Waals surface area contributed by atoms with Gasteiger partial charge in [0.1, 0.15) is 5.75 Å². The number of ether oxygens (including phenoxy) is 1. The minimum absolute atomic E-state index is 0.0433. The number of hydrogen-bond donors (Lipinski definition) is 2. The van der Waals surface area contributed by atoms with Crippen LogP contribution in [0.5, 0.6) is 5.75 Å². The van der Waals surface area contributed by atoms with E-state index in [1.54, 1.807) is 7.11 Å². The molecule has 0 radical (unpaired) electrons. The summed E-state index contributed by atoms with van der Waals surface area (Å²) in [6.45, 7) is 0.317. The van der Waals surface area contributed by atoms with E-state index in [-0.39, 0.29) is 12.3 Å². The van der Waals surface area contributed by atoms with E-state index in [2.05, 4.69) is 0 Å². The molecule has 0 amide bonds. The lowest BCUT2D eigenvalue weighted by atomic mass is 9.95. The Labute approximate surface area is 111 Å². The summed E-state index contributed by atoms with van der Waals surface area (Å²) in [4.78, 5) is 10.9. The quantitative estimate of drug-likeness (QED) is 0.859. The largest absolute Gasteiger partial charge is 0.497 e. The predicted octanol–water partition coefficient (Wildman–Crippen LogP) is 1.70. The number of carboxylic acid groups (broad SMARTS) is 1. The Bertz CT molecular complexity index is 604. The van der Waals surface area contributed by atoms with Gasteiger partial charge in [0, 0.05) is 30.6 Å². The summed E-state index contributed by atoms with van der Waals surface area (Å²) in [7, 11) is 3.55. The number of rotatable bonds is 5. The summed E-state index contributed by atoms with van der Waals surface area (Å²) in [5.41, 5.74) is 7.70. The number of hydrogen-bond acceptors (Lipinski definition) is 3. The molecule has 5 nitrogen and oxygen atoms in total. The molecule has 0 fully saturated rings. The van der Waals surface area contributed by atoms with Crippen LogP contribution in [0, 0.1) is 0 Å². The van der Waals surface area contributed by atoms with Crippen molar-refractivity contribution in [2.45, 2.75) is 12.3 Å². The zero-order valence-corrected chi connectivity index (χ0v) is 11.1. The zero-order valence-electron chi connectivity index (χ0n) is 11.1. The Hall–Kier alpha value is -2.01. The molecule has 1 atom stereocenters. The van der Waals surface area contributed by atoms with Gasteiger partial charge in [0.25, 0.3) is 0 Å². The first kappa shape index (κ1) is 13.4. The molecule has 1 unspecified atom stereocenters. The molecule has 0 bridgehead atoms. The SMILES string of the molecule is COc1ccc2c(C(CN)CC(=O)O)cn(C)c2c1. The number of aliphatic carboxylic acids is 1. The normalized spacial score (nSPS) is 12.6. The predicted molar refractivity (Wildman–Crippen MR) is 73.5 cm³/mol. The minimum atomic E-state index is -0.832. The number of nitrogens with two attached hydrogens (primary N) is 1. The molecule has 0 spiro atoms. The van der Waals surface area contributed by atoms with Gasteiger partial charge in [0.15, 0.2) is 0 Å². The van der Waals surface area contributed by atoms with Crippen molar-refractivity contribution in [2.75, 3.05) is 13.7 Å². The standard InChI is InChI=1S/C14H18N2O3/c1-16-8-12(9(7-15)5-14(17)18)11-4-3-10(19-2)6-13(11)16/h3-4,6,8-9H,5,7,15H2,1-2H3,(H,17,18). The van der Waals surface area contributed by atoms with E-state index in [4.69, 9.17) is 15.6 Å². The first-order valence-electron chi connectivity index (χ1n) is 6.11. The van der Waals surface area contributed by atoms with Gasteiger partial charge in [0.05, 0.1) is 19.0 Å². The van der Waals surface area contributed by atoms with E-state index in [1.807, 2.05) is 36.0 Å². The molecule has 2 rings (SSSR count). The highest BCUT2D eigenvalue weighted by Gasteiger charge is 2.19. The first-order chi connectivity index (χ1) is 9.06. The van der Waals surface area contributed by atoms with Crippen LogP contribution >= 0.6 is 0 Å². The van der Waals surface area contributed by atoms with Crippen molar-refractivity contribution < 1.29 is 14.6 Å². The maximum absolute atomic E-state index is 10.9. The van der Waals surface area contributed by atoms with E-state index in [0.717, 1.165) is 22.2 Å². The second kappa shape index (κ2) is 5.32. The van der Waals surface area contributed by atoms with E-state index in [0.29, 0.717) is 6.54 Å². The Morgan fingerprint density at radius 2 is 2.26 bits per heavy atom. The summed E-state index contributed by atoms with van der Waals surface area (Å²) < 4.78 is 7.18. The lowest BCUT2D eigenvalue weighted by molar-refractivity contribution is -0.137. The molecule has 1 heterocycles. The Morgan fingerprint density at radius 1 is 1.53 bits per heavy atom. The fourth-order valence-corrected chi connectivity index (χ4v) is 2.38. The summed E-state index contributed by atoms with van der Waals surface area (Å²) >= 11 is 0. The van der Waals surface area contributed by atoms with Crippen LogP contribution in [0.1, 0.15) is 17.9 Å². The molecule has 19 heavy (non-hydrogen) atoms. The molecule has 0 aliphatic rings. The monoisotopic (exact) mass is 262 g/mol. The van der Waals surface area contributed by atoms with Crippen LogP contribution in [0.4, 0.5) is 0 Å². The van der Waals surface area contributed by atoms with Crippen LogP contribution in [-0.2, 0) is 11.8 Å². The van der Waals surface area contributed by atoms with Crippen molar-refractivity contribution >= 4 is 16.9 Å². The van der Waals surface area contributed by atoms with Gasteiger partial charge in [-0.15, -0.1) is 0 Å². The lowest BCUT2D eigenvalue weighted by Gasteiger charge is -2.11. The van der Waals surface area contributed by atoms with E-state index in [9.17, 15) is 4.79 Å². The molecular weight excluding hydrogens is 244 g/mol. The smallest absolute Gasteiger partial charge is 0.304 e. The highest BCUT2D eigenvalue weighted by Crippen LogP contribution is 2.31. The molecule has 1 aromatic carbocycles. The molecule has 0 aliphatic carbocycles. The number of aromatic nitrogens is 1. The first-order valence-corrected chi connectivity index (χ1v) is 6.11. The van der Waals surface area contributed by atoms with Crippen LogP contribution in [0.3, 0.4) is 0 Å². The van der Waals surface area contributed by atoms with Crippen LogP contribution in [-0.4, -0.2) is 29.3 Å². The third-order valence-electron chi connectivity index (χ3n) is 3.37. The number of benzene rings is 1. The molecule has 3 N–H and O–H groups in total. The second-order valence-corrected chi connectivity index (χ2v) is 4.61. The third-order valence-corrected chi connectivity index (χ3v) is 3.37. The number of methoxy groups -OCH3 is 1. The van der Waals surface area contributed by atoms with Crippen LogP contribution in [0.2, 0.25) is 0 Å². The summed E-state index contributed by atoms with van der Waals surface area (Å²) in [5.74, 6) is -0.224. The van der Waals surface area contributed by atoms with Crippen LogP contribution in [0.15, 0.2) is 24.4 Å². The molecule has 2 aromatic rings. The summed E-state index contributed by atoms with van der Waals surface area (Å²) in [6, 6.07) is 5.77. The second-order valence-electron chi connectivity index (χ2n) is 4.61. The van der Waals surface area contributed by atoms with Crippen molar-refractivity contribution in [2.24, 2.45) is 12.8 Å². The van der Waals surface area contributed by atoms with Gasteiger partial charge in [-0.3, -0.25) is 4.79 Å². The van der Waals surface area contributed by atoms with Gasteiger partial charge in [0.2, 0.25) is 0 Å². The Balaban J connectivity index is 2.51. The maximum Gasteiger partial charge on any atom is 0.304 e. The number of carbonyl (C=O) groups is 1. The van der Waals surface area contributed by atoms with E-state index < -0.39 is 5.97 Å². The topological polar surface area (TPSA) is 77.5 Å². The molecule has 5 heteroatoms. The third kappa shape index (κ3) is 2.56. The minimum Gasteiger partial charge on any atom is -0.497 e. The van der Waals surface area contributed by atoms with Crippen molar-refractivity contribution in [3.63, 3.8) is 0 Å². The van der Waals surface area contributed by atoms with Gasteiger partial charge < -0.3 is 20.1 Å². The van der Waals surface area contributed by atoms with Gasteiger partial charge in [-0.1, -0.05) is 0 Å². The highest BCUT2D eigenvalue weighted by atomic mass is 16.5. The Kier molecular flexibility index (Phi) is 3.76. The fraction of sp³-hybridized carbons (Fsp3) is 0.357. The molecule has 102 valence electrons. The van der Waals surface area contributed by atoms with E-state index >= 15 is 0 Å². The van der Waals surface area contributed by atoms with Gasteiger partial charge in [-0.05, 0) is 24.2 Å². The van der Waals surface area contributed by atoms with Crippen molar-refractivity contribution in [3.05, 3.63) is 30.0 Å². The molecule has 0 saturated heterocycles. The van der Waals surface area contributed by atoms with Gasteiger partial charge in [-0.25, -0.2) is 0 Å². The molecular formula is C14H18N2O3. The number of fused-ring (bicyclic) bond motifs is 1. The average molecular weight is 262 g/mol. The number of carboxylic acids is 1.